The van der Waals surface area contributed by atoms with E-state index in [0.717, 1.165) is 16.7 Å². The van der Waals surface area contributed by atoms with E-state index in [1.807, 2.05) is 105 Å². The molecule has 36 heavy (non-hydrogen) atoms. The lowest BCUT2D eigenvalue weighted by Gasteiger charge is -2.33. The fourth-order valence-electron chi connectivity index (χ4n) is 4.47. The van der Waals surface area contributed by atoms with Crippen molar-refractivity contribution in [2.75, 3.05) is 5.33 Å². The maximum atomic E-state index is 11.7. The lowest BCUT2D eigenvalue weighted by Crippen LogP contribution is -2.40. The van der Waals surface area contributed by atoms with Crippen LogP contribution in [0, 0.1) is 0 Å². The maximum Gasteiger partial charge on any atom is 0.303 e. The molecule has 1 aliphatic rings. The summed E-state index contributed by atoms with van der Waals surface area (Å²) in [4.78, 5) is 18.1. The molecule has 0 N–H and O–H groups in total. The van der Waals surface area contributed by atoms with Crippen LogP contribution in [-0.4, -0.2) is 41.6 Å². The fourth-order valence-corrected chi connectivity index (χ4v) is 4.97. The Hall–Kier alpha value is -3.00. The van der Waals surface area contributed by atoms with Crippen molar-refractivity contribution in [3.8, 4) is 0 Å². The highest BCUT2D eigenvalue weighted by atomic mass is 79.9. The largest absolute Gasteiger partial charge is 0.459 e. The second-order valence-corrected chi connectivity index (χ2v) is 9.64. The second kappa shape index (κ2) is 11.4. The van der Waals surface area contributed by atoms with Crippen LogP contribution in [-0.2, 0) is 29.4 Å². The predicted octanol–water partition coefficient (Wildman–Crippen LogP) is 5.83. The van der Waals surface area contributed by atoms with E-state index in [4.69, 9.17) is 19.0 Å². The Balaban J connectivity index is 1.74. The van der Waals surface area contributed by atoms with Gasteiger partial charge in [0.05, 0.1) is 6.21 Å². The average molecular weight is 552 g/mol. The predicted molar refractivity (Wildman–Crippen MR) is 142 cm³/mol. The quantitative estimate of drug-likeness (QED) is 0.110. The van der Waals surface area contributed by atoms with Crippen LogP contribution < -0.4 is 0 Å². The number of rotatable bonds is 9. The van der Waals surface area contributed by atoms with Gasteiger partial charge in [0.2, 0.25) is 5.60 Å². The second-order valence-electron chi connectivity index (χ2n) is 8.99. The van der Waals surface area contributed by atoms with Crippen molar-refractivity contribution in [2.45, 2.75) is 50.5 Å². The molecule has 188 valence electrons. The lowest BCUT2D eigenvalue weighted by atomic mass is 9.80. The van der Waals surface area contributed by atoms with E-state index in [-0.39, 0.29) is 0 Å². The molecular weight excluding hydrogens is 522 g/mol. The average Bonchev–Trinajstić information content (AvgIpc) is 3.20. The fraction of sp³-hybridized carbons (Fsp3) is 0.310. The highest BCUT2D eigenvalue weighted by Gasteiger charge is 2.46. The van der Waals surface area contributed by atoms with Gasteiger partial charge in [0.1, 0.15) is 18.3 Å². The normalized spacial score (nSPS) is 20.2. The number of hydrogen-bond acceptors (Lipinski definition) is 6. The minimum Gasteiger partial charge on any atom is -0.459 e. The maximum absolute atomic E-state index is 11.7. The van der Waals surface area contributed by atoms with Crippen molar-refractivity contribution >= 4 is 28.1 Å². The van der Waals surface area contributed by atoms with Crippen molar-refractivity contribution in [2.24, 2.45) is 5.16 Å². The summed E-state index contributed by atoms with van der Waals surface area (Å²) >= 11 is 3.42. The van der Waals surface area contributed by atoms with E-state index in [0.29, 0.717) is 5.33 Å². The van der Waals surface area contributed by atoms with E-state index >= 15 is 0 Å². The lowest BCUT2D eigenvalue weighted by molar-refractivity contribution is -0.166. The molecule has 6 nitrogen and oxygen atoms in total. The standard InChI is InChI=1S/C29H30BrNO5/c1-21(32)33-25(19-30)27-26(34-28(2,3)35-27)20-31-36-29(22-13-7-4-8-14-22,23-15-9-5-10-16-23)24-17-11-6-12-18-24/h4-18,20,25-27H,19H2,1-3H3/b31-20-/t25-,26+,27-/m1/s1. The Morgan fingerprint density at radius 1 is 0.944 bits per heavy atom. The van der Waals surface area contributed by atoms with E-state index in [1.54, 1.807) is 6.21 Å². The molecule has 0 unspecified atom stereocenters. The van der Waals surface area contributed by atoms with Crippen LogP contribution in [0.25, 0.3) is 0 Å². The topological polar surface area (TPSA) is 66.4 Å². The highest BCUT2D eigenvalue weighted by Crippen LogP contribution is 2.41. The Morgan fingerprint density at radius 3 is 1.83 bits per heavy atom. The summed E-state index contributed by atoms with van der Waals surface area (Å²) in [5.41, 5.74) is 1.78. The van der Waals surface area contributed by atoms with Crippen LogP contribution in [0.5, 0.6) is 0 Å². The molecule has 3 atom stereocenters. The van der Waals surface area contributed by atoms with Gasteiger partial charge in [0.15, 0.2) is 5.79 Å². The molecule has 1 heterocycles. The third-order valence-corrected chi connectivity index (χ3v) is 6.58. The first-order valence-electron chi connectivity index (χ1n) is 11.8. The zero-order chi connectivity index (χ0) is 25.6. The summed E-state index contributed by atoms with van der Waals surface area (Å²) in [7, 11) is 0. The van der Waals surface area contributed by atoms with Gasteiger partial charge in [-0.1, -0.05) is 112 Å². The number of carbonyl (C=O) groups is 1. The van der Waals surface area contributed by atoms with Crippen LogP contribution >= 0.6 is 15.9 Å². The number of benzene rings is 3. The number of carbonyl (C=O) groups excluding carboxylic acids is 1. The van der Waals surface area contributed by atoms with Gasteiger partial charge in [-0.05, 0) is 13.8 Å². The number of hydrogen-bond donors (Lipinski definition) is 0. The third kappa shape index (κ3) is 5.69. The molecule has 0 amide bonds. The van der Waals surface area contributed by atoms with Gasteiger partial charge < -0.3 is 19.0 Å². The SMILES string of the molecule is CC(=O)O[C@H](CBr)[C@H]1OC(C)(C)O[C@H]1/C=N\OC(c1ccccc1)(c1ccccc1)c1ccccc1. The summed E-state index contributed by atoms with van der Waals surface area (Å²) in [5.74, 6) is -1.27. The number of nitrogens with zero attached hydrogens (tertiary/aromatic N) is 1. The monoisotopic (exact) mass is 551 g/mol. The summed E-state index contributed by atoms with van der Waals surface area (Å²) in [5, 5.41) is 4.87. The summed E-state index contributed by atoms with van der Waals surface area (Å²) in [6.45, 7) is 5.00. The summed E-state index contributed by atoms with van der Waals surface area (Å²) in [6, 6.07) is 30.0. The van der Waals surface area contributed by atoms with Crippen LogP contribution in [0.1, 0.15) is 37.5 Å². The molecule has 4 rings (SSSR count). The zero-order valence-corrected chi connectivity index (χ0v) is 22.1. The van der Waals surface area contributed by atoms with Crippen LogP contribution in [0.3, 0.4) is 0 Å². The molecular formula is C29H30BrNO5. The van der Waals surface area contributed by atoms with Crippen molar-refractivity contribution in [1.82, 2.24) is 0 Å². The molecule has 0 saturated carbocycles. The Labute approximate surface area is 220 Å². The molecule has 0 spiro atoms. The summed E-state index contributed by atoms with van der Waals surface area (Å²) < 4.78 is 17.6. The van der Waals surface area contributed by atoms with Crippen molar-refractivity contribution in [3.63, 3.8) is 0 Å². The highest BCUT2D eigenvalue weighted by molar-refractivity contribution is 9.09. The molecule has 3 aromatic rings. The molecule has 1 aliphatic heterocycles. The van der Waals surface area contributed by atoms with Crippen LogP contribution in [0.4, 0.5) is 0 Å². The number of halogens is 1. The van der Waals surface area contributed by atoms with Crippen molar-refractivity contribution in [3.05, 3.63) is 108 Å². The number of oxime groups is 1. The van der Waals surface area contributed by atoms with Crippen molar-refractivity contribution in [1.29, 1.82) is 0 Å². The van der Waals surface area contributed by atoms with Gasteiger partial charge in [-0.3, -0.25) is 4.79 Å². The molecule has 0 radical (unpaired) electrons. The van der Waals surface area contributed by atoms with Crippen LogP contribution in [0.15, 0.2) is 96.2 Å². The number of ether oxygens (including phenoxy) is 3. The third-order valence-electron chi connectivity index (χ3n) is 5.94. The zero-order valence-electron chi connectivity index (χ0n) is 20.5. The molecule has 7 heteroatoms. The van der Waals surface area contributed by atoms with Gasteiger partial charge in [-0.25, -0.2) is 0 Å². The van der Waals surface area contributed by atoms with Gasteiger partial charge in [0, 0.05) is 28.9 Å². The molecule has 1 saturated heterocycles. The smallest absolute Gasteiger partial charge is 0.303 e. The Bertz CT molecular complexity index is 1060. The molecule has 0 bridgehead atoms. The number of alkyl halides is 1. The number of esters is 1. The molecule has 1 fully saturated rings. The first kappa shape index (κ1) is 26.1. The minimum absolute atomic E-state index is 0.393. The Kier molecular flexibility index (Phi) is 8.24. The first-order valence-corrected chi connectivity index (χ1v) is 12.9. The van der Waals surface area contributed by atoms with Gasteiger partial charge >= 0.3 is 5.97 Å². The van der Waals surface area contributed by atoms with Gasteiger partial charge in [-0.15, -0.1) is 0 Å². The van der Waals surface area contributed by atoms with E-state index in [9.17, 15) is 4.79 Å². The van der Waals surface area contributed by atoms with Crippen LogP contribution in [0.2, 0.25) is 0 Å². The summed E-state index contributed by atoms with van der Waals surface area (Å²) in [6.07, 6.45) is -0.123. The van der Waals surface area contributed by atoms with Crippen molar-refractivity contribution < 1.29 is 23.8 Å². The van der Waals surface area contributed by atoms with Gasteiger partial charge in [0.25, 0.3) is 0 Å². The minimum atomic E-state index is -1.00. The van der Waals surface area contributed by atoms with E-state index < -0.39 is 35.7 Å². The molecule has 0 aromatic heterocycles. The molecule has 0 aliphatic carbocycles. The van der Waals surface area contributed by atoms with E-state index in [2.05, 4.69) is 21.1 Å². The molecule has 3 aromatic carbocycles. The first-order chi connectivity index (χ1) is 17.4. The van der Waals surface area contributed by atoms with Gasteiger partial charge in [-0.2, -0.15) is 0 Å². The van der Waals surface area contributed by atoms with E-state index in [1.165, 1.54) is 6.92 Å². The Morgan fingerprint density at radius 2 is 1.42 bits per heavy atom.